The van der Waals surface area contributed by atoms with Gasteiger partial charge in [-0.2, -0.15) is 16.6 Å². The zero-order valence-electron chi connectivity index (χ0n) is 17.6. The molecule has 0 saturated carbocycles. The monoisotopic (exact) mass is 469 g/mol. The Balaban J connectivity index is 1.63. The molecule has 4 heterocycles. The first kappa shape index (κ1) is 20.0. The van der Waals surface area contributed by atoms with Gasteiger partial charge >= 0.3 is 0 Å². The van der Waals surface area contributed by atoms with Gasteiger partial charge in [0, 0.05) is 22.0 Å². The molecule has 1 aliphatic rings. The number of nitriles is 1. The van der Waals surface area contributed by atoms with Crippen molar-refractivity contribution in [2.45, 2.75) is 25.7 Å². The van der Waals surface area contributed by atoms with Crippen LogP contribution in [0.3, 0.4) is 0 Å². The Morgan fingerprint density at radius 3 is 2.76 bits per heavy atom. The van der Waals surface area contributed by atoms with Gasteiger partial charge < -0.3 is 11.5 Å². The van der Waals surface area contributed by atoms with Crippen LogP contribution in [0.25, 0.3) is 32.2 Å². The quantitative estimate of drug-likeness (QED) is 0.350. The number of rotatable bonds is 2. The summed E-state index contributed by atoms with van der Waals surface area (Å²) in [5, 5.41) is 15.4. The molecule has 0 fully saturated rings. The van der Waals surface area contributed by atoms with Crippen LogP contribution in [-0.4, -0.2) is 15.5 Å². The number of aromatic nitrogens is 2. The molecule has 5 aromatic rings. The highest BCUT2D eigenvalue weighted by atomic mass is 32.1. The van der Waals surface area contributed by atoms with Crippen molar-refractivity contribution in [1.29, 1.82) is 5.26 Å². The first-order valence-corrected chi connectivity index (χ1v) is 12.5. The number of hydrogen-bond acceptors (Lipinski definition) is 7. The number of pyridine rings is 1. The van der Waals surface area contributed by atoms with Gasteiger partial charge in [0.2, 0.25) is 0 Å². The maximum atomic E-state index is 14.0. The average molecular weight is 470 g/mol. The highest BCUT2D eigenvalue weighted by molar-refractivity contribution is 7.21. The number of nitrogens with two attached hydrogens (primary N) is 2. The molecular formula is C25H19N5OS2. The van der Waals surface area contributed by atoms with Crippen LogP contribution < -0.4 is 11.5 Å². The number of thiophene rings is 2. The maximum absolute atomic E-state index is 14.0. The smallest absolute Gasteiger partial charge is 0.274 e. The number of nitrogen functional groups attached to an aromatic ring is 2. The second kappa shape index (κ2) is 7.44. The molecule has 1 aromatic carbocycles. The molecule has 1 aliphatic carbocycles. The fraction of sp³-hybridized carbons (Fsp3) is 0.160. The zero-order valence-corrected chi connectivity index (χ0v) is 19.2. The second-order valence-corrected chi connectivity index (χ2v) is 9.97. The van der Waals surface area contributed by atoms with Crippen LogP contribution in [0.1, 0.15) is 39.3 Å². The summed E-state index contributed by atoms with van der Waals surface area (Å²) in [6.45, 7) is 0. The van der Waals surface area contributed by atoms with Crippen molar-refractivity contribution in [3.63, 3.8) is 0 Å². The summed E-state index contributed by atoms with van der Waals surface area (Å²) in [6.07, 6.45) is 4.03. The number of para-hydroxylation sites is 1. The van der Waals surface area contributed by atoms with Gasteiger partial charge in [-0.1, -0.05) is 18.2 Å². The Morgan fingerprint density at radius 1 is 1.15 bits per heavy atom. The van der Waals surface area contributed by atoms with Gasteiger partial charge in [-0.3, -0.25) is 9.36 Å². The van der Waals surface area contributed by atoms with Crippen molar-refractivity contribution < 1.29 is 4.79 Å². The zero-order chi connectivity index (χ0) is 22.7. The van der Waals surface area contributed by atoms with Crippen LogP contribution in [0, 0.1) is 11.3 Å². The summed E-state index contributed by atoms with van der Waals surface area (Å²) < 4.78 is 1.84. The van der Waals surface area contributed by atoms with E-state index in [1.807, 2.05) is 39.6 Å². The predicted octanol–water partition coefficient (Wildman–Crippen LogP) is 5.58. The van der Waals surface area contributed by atoms with E-state index in [1.54, 1.807) is 0 Å². The molecule has 6 rings (SSSR count). The third-order valence-electron chi connectivity index (χ3n) is 6.40. The van der Waals surface area contributed by atoms with Crippen molar-refractivity contribution in [1.82, 2.24) is 9.55 Å². The molecule has 6 nitrogen and oxygen atoms in total. The van der Waals surface area contributed by atoms with Crippen molar-refractivity contribution in [3.05, 3.63) is 62.8 Å². The lowest BCUT2D eigenvalue weighted by molar-refractivity contribution is 0.0966. The Kier molecular flexibility index (Phi) is 4.50. The SMILES string of the molecule is N#Cc1c(N)nc2sc(C(=O)n3c4c(c5ccccc53)CCCC4)c(N)c2c1-c1ccsc1. The molecule has 33 heavy (non-hydrogen) atoms. The number of anilines is 2. The van der Waals surface area contributed by atoms with Gasteiger partial charge in [0.25, 0.3) is 5.91 Å². The first-order valence-electron chi connectivity index (χ1n) is 10.7. The van der Waals surface area contributed by atoms with Crippen LogP contribution in [0.2, 0.25) is 0 Å². The summed E-state index contributed by atoms with van der Waals surface area (Å²) in [5.74, 6) is -0.00144. The third-order valence-corrected chi connectivity index (χ3v) is 8.17. The van der Waals surface area contributed by atoms with Gasteiger partial charge in [-0.15, -0.1) is 11.3 Å². The average Bonchev–Trinajstić information content (AvgIpc) is 3.55. The molecule has 4 aromatic heterocycles. The molecule has 0 atom stereocenters. The highest BCUT2D eigenvalue weighted by Gasteiger charge is 2.29. The summed E-state index contributed by atoms with van der Waals surface area (Å²) in [7, 11) is 0. The van der Waals surface area contributed by atoms with E-state index >= 15 is 0 Å². The summed E-state index contributed by atoms with van der Waals surface area (Å²) >= 11 is 2.76. The normalized spacial score (nSPS) is 13.3. The Labute approximate surface area is 197 Å². The topological polar surface area (TPSA) is 111 Å². The van der Waals surface area contributed by atoms with E-state index in [0.29, 0.717) is 26.3 Å². The number of hydrogen-bond donors (Lipinski definition) is 2. The maximum Gasteiger partial charge on any atom is 0.274 e. The van der Waals surface area contributed by atoms with Crippen molar-refractivity contribution in [2.24, 2.45) is 0 Å². The van der Waals surface area contributed by atoms with E-state index < -0.39 is 0 Å². The van der Waals surface area contributed by atoms with Gasteiger partial charge in [0.15, 0.2) is 0 Å². The molecule has 0 spiro atoms. The lowest BCUT2D eigenvalue weighted by Crippen LogP contribution is -2.17. The molecular weight excluding hydrogens is 450 g/mol. The van der Waals surface area contributed by atoms with Crippen LogP contribution in [0.4, 0.5) is 11.5 Å². The number of carbonyl (C=O) groups is 1. The minimum Gasteiger partial charge on any atom is -0.397 e. The van der Waals surface area contributed by atoms with Crippen LogP contribution in [0.15, 0.2) is 41.1 Å². The van der Waals surface area contributed by atoms with E-state index in [1.165, 1.54) is 28.2 Å². The van der Waals surface area contributed by atoms with Gasteiger partial charge in [0.05, 0.1) is 11.2 Å². The van der Waals surface area contributed by atoms with Crippen molar-refractivity contribution in [2.75, 3.05) is 11.5 Å². The van der Waals surface area contributed by atoms with E-state index in [0.717, 1.165) is 47.8 Å². The largest absolute Gasteiger partial charge is 0.397 e. The standard InChI is InChI=1S/C25H19N5OS2/c26-11-16-19(13-9-10-32-12-13)20-21(27)22(33-24(20)29-23(16)28)25(31)30-17-7-3-1-5-14(17)15-6-2-4-8-18(15)30/h1,3,5,7,9-10,12H,2,4,6,8,27H2,(H2,28,29). The Bertz CT molecular complexity index is 1620. The molecule has 0 bridgehead atoms. The summed E-state index contributed by atoms with van der Waals surface area (Å²) in [4.78, 5) is 19.4. The number of benzene rings is 1. The lowest BCUT2D eigenvalue weighted by Gasteiger charge is -2.15. The second-order valence-electron chi connectivity index (χ2n) is 8.19. The fourth-order valence-electron chi connectivity index (χ4n) is 4.97. The molecule has 4 N–H and O–H groups in total. The Morgan fingerprint density at radius 2 is 1.97 bits per heavy atom. The van der Waals surface area contributed by atoms with Gasteiger partial charge in [-0.25, -0.2) is 4.98 Å². The molecule has 0 radical (unpaired) electrons. The third kappa shape index (κ3) is 2.83. The number of fused-ring (bicyclic) bond motifs is 4. The van der Waals surface area contributed by atoms with Crippen molar-refractivity contribution >= 4 is 61.2 Å². The molecule has 162 valence electrons. The van der Waals surface area contributed by atoms with Crippen LogP contribution in [0.5, 0.6) is 0 Å². The van der Waals surface area contributed by atoms with E-state index in [-0.39, 0.29) is 17.3 Å². The minimum atomic E-state index is -0.150. The number of nitrogens with zero attached hydrogens (tertiary/aromatic N) is 3. The molecule has 0 saturated heterocycles. The van der Waals surface area contributed by atoms with Crippen molar-refractivity contribution in [3.8, 4) is 17.2 Å². The van der Waals surface area contributed by atoms with Gasteiger partial charge in [-0.05, 0) is 59.7 Å². The Hall–Kier alpha value is -3.67. The predicted molar refractivity (Wildman–Crippen MR) is 135 cm³/mol. The molecule has 8 heteroatoms. The van der Waals surface area contributed by atoms with Crippen LogP contribution >= 0.6 is 22.7 Å². The minimum absolute atomic E-state index is 0.148. The van der Waals surface area contributed by atoms with Gasteiger partial charge in [0.1, 0.15) is 27.2 Å². The molecule has 0 unspecified atom stereocenters. The first-order chi connectivity index (χ1) is 16.1. The fourth-order valence-corrected chi connectivity index (χ4v) is 6.66. The lowest BCUT2D eigenvalue weighted by atomic mass is 9.95. The van der Waals surface area contributed by atoms with E-state index in [2.05, 4.69) is 17.1 Å². The summed E-state index contributed by atoms with van der Waals surface area (Å²) in [6, 6.07) is 12.2. The van der Waals surface area contributed by atoms with E-state index in [4.69, 9.17) is 11.5 Å². The number of carbonyl (C=O) groups excluding carboxylic acids is 1. The van der Waals surface area contributed by atoms with E-state index in [9.17, 15) is 10.1 Å². The number of aryl methyl sites for hydroxylation is 1. The molecule has 0 aliphatic heterocycles. The van der Waals surface area contributed by atoms with Crippen LogP contribution in [-0.2, 0) is 12.8 Å². The highest BCUT2D eigenvalue weighted by Crippen LogP contribution is 2.44. The summed E-state index contributed by atoms with van der Waals surface area (Å²) in [5.41, 5.74) is 18.2. The molecule has 0 amide bonds.